The Hall–Kier alpha value is -1.14. The first-order valence-corrected chi connectivity index (χ1v) is 6.77. The van der Waals surface area contributed by atoms with Gasteiger partial charge in [-0.1, -0.05) is 5.10 Å². The minimum absolute atomic E-state index is 0.529. The average molecular weight is 252 g/mol. The average Bonchev–Trinajstić information content (AvgIpc) is 2.89. The minimum atomic E-state index is 0.529. The molecule has 1 atom stereocenters. The maximum Gasteiger partial charge on any atom is 0.315 e. The summed E-state index contributed by atoms with van der Waals surface area (Å²) < 4.78 is 10.8. The van der Waals surface area contributed by atoms with Crippen molar-refractivity contribution in [2.45, 2.75) is 38.3 Å². The van der Waals surface area contributed by atoms with E-state index in [4.69, 9.17) is 9.15 Å². The van der Waals surface area contributed by atoms with Crippen LogP contribution in [0.5, 0.6) is 0 Å². The topological polar surface area (TPSA) is 72.2 Å². The van der Waals surface area contributed by atoms with Gasteiger partial charge in [-0.05, 0) is 31.6 Å². The fraction of sp³-hybridized carbons (Fsp3) is 0.833. The standard InChI is InChI=1S/C12H20N4O2/c1-2-10(1)14-7-11-15-16-12(18-11)13-5-3-9-4-6-17-8-9/h9-10,14H,1-8H2,(H,13,16). The van der Waals surface area contributed by atoms with Crippen LogP contribution >= 0.6 is 0 Å². The zero-order valence-corrected chi connectivity index (χ0v) is 10.5. The van der Waals surface area contributed by atoms with Gasteiger partial charge >= 0.3 is 6.01 Å². The van der Waals surface area contributed by atoms with Gasteiger partial charge in [0.15, 0.2) is 0 Å². The number of aromatic nitrogens is 2. The van der Waals surface area contributed by atoms with E-state index in [0.29, 0.717) is 30.4 Å². The number of hydrogen-bond donors (Lipinski definition) is 2. The summed E-state index contributed by atoms with van der Waals surface area (Å²) in [5.74, 6) is 1.34. The van der Waals surface area contributed by atoms with Crippen LogP contribution in [0.4, 0.5) is 6.01 Å². The first kappa shape index (κ1) is 11.9. The quantitative estimate of drug-likeness (QED) is 0.758. The fourth-order valence-corrected chi connectivity index (χ4v) is 2.11. The van der Waals surface area contributed by atoms with Crippen molar-refractivity contribution in [1.29, 1.82) is 0 Å². The summed E-state index contributed by atoms with van der Waals surface area (Å²) in [5, 5.41) is 14.5. The number of nitrogens with one attached hydrogen (secondary N) is 2. The summed E-state index contributed by atoms with van der Waals surface area (Å²) in [6.45, 7) is 3.34. The Morgan fingerprint density at radius 3 is 2.94 bits per heavy atom. The first-order chi connectivity index (χ1) is 8.90. The second-order valence-corrected chi connectivity index (χ2v) is 5.10. The SMILES string of the molecule is C(CC1CCOC1)Nc1nnc(CNC2CC2)o1. The molecule has 6 nitrogen and oxygen atoms in total. The lowest BCUT2D eigenvalue weighted by Crippen LogP contribution is -2.15. The van der Waals surface area contributed by atoms with E-state index in [1.165, 1.54) is 19.3 Å². The molecule has 3 rings (SSSR count). The highest BCUT2D eigenvalue weighted by molar-refractivity contribution is 5.16. The number of hydrogen-bond acceptors (Lipinski definition) is 6. The van der Waals surface area contributed by atoms with Crippen molar-refractivity contribution >= 4 is 6.01 Å². The van der Waals surface area contributed by atoms with Crippen molar-refractivity contribution < 1.29 is 9.15 Å². The first-order valence-electron chi connectivity index (χ1n) is 6.77. The van der Waals surface area contributed by atoms with Crippen molar-refractivity contribution in [2.75, 3.05) is 25.1 Å². The molecule has 18 heavy (non-hydrogen) atoms. The second kappa shape index (κ2) is 5.67. The predicted molar refractivity (Wildman–Crippen MR) is 66.2 cm³/mol. The third-order valence-corrected chi connectivity index (χ3v) is 3.44. The van der Waals surface area contributed by atoms with Gasteiger partial charge in [0.2, 0.25) is 5.89 Å². The Kier molecular flexibility index (Phi) is 3.75. The predicted octanol–water partition coefficient (Wildman–Crippen LogP) is 1.16. The van der Waals surface area contributed by atoms with E-state index in [-0.39, 0.29) is 0 Å². The summed E-state index contributed by atoms with van der Waals surface area (Å²) in [6.07, 6.45) is 4.80. The molecule has 0 aromatic carbocycles. The Bertz CT molecular complexity index is 372. The summed E-state index contributed by atoms with van der Waals surface area (Å²) in [6, 6.07) is 1.19. The van der Waals surface area contributed by atoms with Crippen molar-refractivity contribution in [2.24, 2.45) is 5.92 Å². The molecule has 0 bridgehead atoms. The normalized spacial score (nSPS) is 23.4. The van der Waals surface area contributed by atoms with Gasteiger partial charge in [-0.25, -0.2) is 0 Å². The van der Waals surface area contributed by atoms with Gasteiger partial charge < -0.3 is 19.8 Å². The summed E-state index contributed by atoms with van der Waals surface area (Å²) >= 11 is 0. The van der Waals surface area contributed by atoms with Crippen LogP contribution in [0.15, 0.2) is 4.42 Å². The number of anilines is 1. The highest BCUT2D eigenvalue weighted by atomic mass is 16.5. The second-order valence-electron chi connectivity index (χ2n) is 5.10. The molecular weight excluding hydrogens is 232 g/mol. The Balaban J connectivity index is 1.36. The molecule has 0 radical (unpaired) electrons. The van der Waals surface area contributed by atoms with E-state index in [9.17, 15) is 0 Å². The maximum absolute atomic E-state index is 5.50. The zero-order chi connectivity index (χ0) is 12.2. The highest BCUT2D eigenvalue weighted by Gasteiger charge is 2.21. The van der Waals surface area contributed by atoms with E-state index >= 15 is 0 Å². The van der Waals surface area contributed by atoms with Crippen LogP contribution in [0.25, 0.3) is 0 Å². The summed E-state index contributed by atoms with van der Waals surface area (Å²) in [5.41, 5.74) is 0. The molecule has 100 valence electrons. The molecular formula is C12H20N4O2. The van der Waals surface area contributed by atoms with E-state index in [2.05, 4.69) is 20.8 Å². The van der Waals surface area contributed by atoms with Gasteiger partial charge in [0.05, 0.1) is 6.54 Å². The molecule has 2 aliphatic rings. The van der Waals surface area contributed by atoms with Crippen LogP contribution < -0.4 is 10.6 Å². The van der Waals surface area contributed by atoms with Crippen LogP contribution in [0.3, 0.4) is 0 Å². The van der Waals surface area contributed by atoms with E-state index in [1.807, 2.05) is 0 Å². The molecule has 0 spiro atoms. The third kappa shape index (κ3) is 3.43. The van der Waals surface area contributed by atoms with Crippen LogP contribution in [-0.2, 0) is 11.3 Å². The molecule has 1 aliphatic carbocycles. The molecule has 1 saturated heterocycles. The fourth-order valence-electron chi connectivity index (χ4n) is 2.11. The van der Waals surface area contributed by atoms with Crippen molar-refractivity contribution in [3.05, 3.63) is 5.89 Å². The van der Waals surface area contributed by atoms with Crippen molar-refractivity contribution in [3.8, 4) is 0 Å². The molecule has 1 aliphatic heterocycles. The molecule has 2 heterocycles. The molecule has 6 heteroatoms. The molecule has 1 unspecified atom stereocenters. The van der Waals surface area contributed by atoms with E-state index < -0.39 is 0 Å². The lowest BCUT2D eigenvalue weighted by molar-refractivity contribution is 0.185. The Morgan fingerprint density at radius 1 is 1.22 bits per heavy atom. The maximum atomic E-state index is 5.50. The molecule has 2 fully saturated rings. The largest absolute Gasteiger partial charge is 0.407 e. The van der Waals surface area contributed by atoms with Gasteiger partial charge in [0.25, 0.3) is 0 Å². The molecule has 0 amide bonds. The number of rotatable bonds is 7. The molecule has 1 saturated carbocycles. The van der Waals surface area contributed by atoms with Gasteiger partial charge in [-0.3, -0.25) is 0 Å². The van der Waals surface area contributed by atoms with Gasteiger partial charge in [-0.2, -0.15) is 0 Å². The molecule has 2 N–H and O–H groups in total. The Morgan fingerprint density at radius 2 is 2.17 bits per heavy atom. The zero-order valence-electron chi connectivity index (χ0n) is 10.5. The third-order valence-electron chi connectivity index (χ3n) is 3.44. The Labute approximate surface area is 106 Å². The molecule has 1 aromatic rings. The highest BCUT2D eigenvalue weighted by Crippen LogP contribution is 2.19. The smallest absolute Gasteiger partial charge is 0.315 e. The summed E-state index contributed by atoms with van der Waals surface area (Å²) in [7, 11) is 0. The van der Waals surface area contributed by atoms with E-state index in [1.54, 1.807) is 0 Å². The van der Waals surface area contributed by atoms with Gasteiger partial charge in [0.1, 0.15) is 0 Å². The number of nitrogens with zero attached hydrogens (tertiary/aromatic N) is 2. The monoisotopic (exact) mass is 252 g/mol. The lowest BCUT2D eigenvalue weighted by atomic mass is 10.1. The lowest BCUT2D eigenvalue weighted by Gasteiger charge is -2.06. The van der Waals surface area contributed by atoms with Crippen LogP contribution in [0.1, 0.15) is 31.6 Å². The van der Waals surface area contributed by atoms with Crippen LogP contribution in [0.2, 0.25) is 0 Å². The van der Waals surface area contributed by atoms with E-state index in [0.717, 1.165) is 26.2 Å². The summed E-state index contributed by atoms with van der Waals surface area (Å²) in [4.78, 5) is 0. The molecule has 1 aromatic heterocycles. The van der Waals surface area contributed by atoms with Crippen LogP contribution in [-0.4, -0.2) is 36.0 Å². The van der Waals surface area contributed by atoms with Crippen molar-refractivity contribution in [1.82, 2.24) is 15.5 Å². The van der Waals surface area contributed by atoms with Gasteiger partial charge in [-0.15, -0.1) is 5.10 Å². The van der Waals surface area contributed by atoms with Gasteiger partial charge in [0, 0.05) is 25.8 Å². The minimum Gasteiger partial charge on any atom is -0.407 e. The van der Waals surface area contributed by atoms with Crippen molar-refractivity contribution in [3.63, 3.8) is 0 Å². The number of ether oxygens (including phenoxy) is 1. The van der Waals surface area contributed by atoms with Crippen LogP contribution in [0, 0.1) is 5.92 Å².